The van der Waals surface area contributed by atoms with Crippen molar-refractivity contribution in [2.75, 3.05) is 0 Å². The normalized spacial score (nSPS) is 11.9. The maximum absolute atomic E-state index is 5.27. The van der Waals surface area contributed by atoms with Gasteiger partial charge in [0, 0.05) is 62.2 Å². The monoisotopic (exact) mass is 686 g/mol. The molecule has 11 aromatic rings. The molecule has 0 fully saturated rings. The molecule has 0 saturated heterocycles. The summed E-state index contributed by atoms with van der Waals surface area (Å²) in [5.41, 5.74) is 6.39. The van der Waals surface area contributed by atoms with Crippen molar-refractivity contribution in [1.82, 2.24) is 19.5 Å². The Hall–Kier alpha value is -6.21. The van der Waals surface area contributed by atoms with E-state index < -0.39 is 0 Å². The predicted molar refractivity (Wildman–Crippen MR) is 216 cm³/mol. The second-order valence-electron chi connectivity index (χ2n) is 12.9. The van der Waals surface area contributed by atoms with Gasteiger partial charge in [0.1, 0.15) is 0 Å². The molecule has 0 unspecified atom stereocenters. The minimum atomic E-state index is 0.604. The summed E-state index contributed by atoms with van der Waals surface area (Å²) in [7, 11) is 0. The Balaban J connectivity index is 1.22. The molecule has 51 heavy (non-hydrogen) atoms. The van der Waals surface area contributed by atoms with Gasteiger partial charge in [-0.15, -0.1) is 22.7 Å². The highest BCUT2D eigenvalue weighted by atomic mass is 32.1. The predicted octanol–water partition coefficient (Wildman–Crippen LogP) is 12.7. The lowest BCUT2D eigenvalue weighted by Gasteiger charge is -2.11. The topological polar surface area (TPSA) is 43.6 Å². The van der Waals surface area contributed by atoms with Crippen LogP contribution >= 0.6 is 22.7 Å². The van der Waals surface area contributed by atoms with Crippen LogP contribution in [-0.4, -0.2) is 19.5 Å². The zero-order valence-electron chi connectivity index (χ0n) is 27.1. The van der Waals surface area contributed by atoms with E-state index >= 15 is 0 Å². The van der Waals surface area contributed by atoms with Gasteiger partial charge in [0.2, 0.25) is 5.95 Å². The molecule has 0 aliphatic rings. The summed E-state index contributed by atoms with van der Waals surface area (Å²) >= 11 is 3.66. The van der Waals surface area contributed by atoms with Crippen molar-refractivity contribution < 1.29 is 0 Å². The number of aromatic nitrogens is 4. The van der Waals surface area contributed by atoms with Crippen LogP contribution in [0.1, 0.15) is 0 Å². The number of rotatable bonds is 4. The molecule has 7 aromatic carbocycles. The SMILES string of the molecule is c1ccc(-c2ccc(-c3nc(-c4ccccc4)nc(-n4c5cc6sc7ccccc7c6cc5c5cc6c(cc54)sc4ccccc46)n3)cc2)cc1. The summed E-state index contributed by atoms with van der Waals surface area (Å²) in [6.45, 7) is 0. The fourth-order valence-corrected chi connectivity index (χ4v) is 9.66. The van der Waals surface area contributed by atoms with Crippen LogP contribution in [-0.2, 0) is 0 Å². The molecule has 0 aliphatic heterocycles. The molecule has 4 heterocycles. The van der Waals surface area contributed by atoms with Crippen LogP contribution < -0.4 is 0 Å². The van der Waals surface area contributed by atoms with E-state index in [1.807, 2.05) is 46.9 Å². The fourth-order valence-electron chi connectivity index (χ4n) is 7.42. The Bertz CT molecular complexity index is 2990. The van der Waals surface area contributed by atoms with E-state index in [0.29, 0.717) is 17.6 Å². The van der Waals surface area contributed by atoms with Gasteiger partial charge in [0.05, 0.1) is 11.0 Å². The average Bonchev–Trinajstić information content (AvgIpc) is 3.85. The van der Waals surface area contributed by atoms with Gasteiger partial charge in [-0.05, 0) is 47.5 Å². The third-order valence-corrected chi connectivity index (χ3v) is 12.1. The van der Waals surface area contributed by atoms with Crippen LogP contribution in [0.3, 0.4) is 0 Å². The van der Waals surface area contributed by atoms with Crippen LogP contribution in [0, 0.1) is 0 Å². The first-order valence-corrected chi connectivity index (χ1v) is 18.6. The van der Waals surface area contributed by atoms with Crippen molar-refractivity contribution in [3.05, 3.63) is 158 Å². The maximum Gasteiger partial charge on any atom is 0.238 e. The van der Waals surface area contributed by atoms with E-state index in [4.69, 9.17) is 15.0 Å². The van der Waals surface area contributed by atoms with Crippen LogP contribution in [0.2, 0.25) is 0 Å². The van der Waals surface area contributed by atoms with Gasteiger partial charge in [0.15, 0.2) is 11.6 Å². The molecular formula is C45H26N4S2. The van der Waals surface area contributed by atoms with Gasteiger partial charge in [-0.25, -0.2) is 4.98 Å². The first kappa shape index (κ1) is 28.6. The lowest BCUT2D eigenvalue weighted by Crippen LogP contribution is -2.06. The molecule has 0 bridgehead atoms. The summed E-state index contributed by atoms with van der Waals surface area (Å²) in [5.74, 6) is 1.88. The average molecular weight is 687 g/mol. The van der Waals surface area contributed by atoms with Crippen molar-refractivity contribution in [3.8, 4) is 39.9 Å². The van der Waals surface area contributed by atoms with Gasteiger partial charge in [-0.2, -0.15) is 9.97 Å². The highest BCUT2D eigenvalue weighted by Crippen LogP contribution is 2.44. The molecule has 4 aromatic heterocycles. The highest BCUT2D eigenvalue weighted by Gasteiger charge is 2.21. The van der Waals surface area contributed by atoms with Crippen molar-refractivity contribution in [2.45, 2.75) is 0 Å². The van der Waals surface area contributed by atoms with Gasteiger partial charge < -0.3 is 0 Å². The van der Waals surface area contributed by atoms with Gasteiger partial charge in [-0.3, -0.25) is 4.57 Å². The van der Waals surface area contributed by atoms with E-state index in [0.717, 1.165) is 27.7 Å². The van der Waals surface area contributed by atoms with Crippen molar-refractivity contribution >= 4 is 84.8 Å². The summed E-state index contributed by atoms with van der Waals surface area (Å²) in [6.07, 6.45) is 0. The molecule has 11 rings (SSSR count). The summed E-state index contributed by atoms with van der Waals surface area (Å²) < 4.78 is 7.32. The summed E-state index contributed by atoms with van der Waals surface area (Å²) in [4.78, 5) is 15.6. The molecule has 0 aliphatic carbocycles. The van der Waals surface area contributed by atoms with Crippen LogP contribution in [0.15, 0.2) is 158 Å². The quantitative estimate of drug-likeness (QED) is 0.185. The van der Waals surface area contributed by atoms with Crippen molar-refractivity contribution in [2.24, 2.45) is 0 Å². The number of fused-ring (bicyclic) bond motifs is 9. The van der Waals surface area contributed by atoms with E-state index in [1.165, 1.54) is 56.7 Å². The Kier molecular flexibility index (Phi) is 6.26. The van der Waals surface area contributed by atoms with Crippen LogP contribution in [0.25, 0.3) is 102 Å². The highest BCUT2D eigenvalue weighted by molar-refractivity contribution is 7.26. The lowest BCUT2D eigenvalue weighted by atomic mass is 10.0. The summed E-state index contributed by atoms with van der Waals surface area (Å²) in [6, 6.07) is 56.0. The number of nitrogens with zero attached hydrogens (tertiary/aromatic N) is 4. The second kappa shape index (κ2) is 11.2. The molecule has 0 N–H and O–H groups in total. The first-order chi connectivity index (χ1) is 25.2. The van der Waals surface area contributed by atoms with Crippen LogP contribution in [0.5, 0.6) is 0 Å². The van der Waals surface area contributed by atoms with Crippen molar-refractivity contribution in [1.29, 1.82) is 0 Å². The van der Waals surface area contributed by atoms with Gasteiger partial charge in [0.25, 0.3) is 0 Å². The maximum atomic E-state index is 5.27. The minimum absolute atomic E-state index is 0.604. The molecule has 0 spiro atoms. The van der Waals surface area contributed by atoms with E-state index in [-0.39, 0.29) is 0 Å². The Labute approximate surface area is 300 Å². The molecule has 0 saturated carbocycles. The minimum Gasteiger partial charge on any atom is -0.278 e. The van der Waals surface area contributed by atoms with Gasteiger partial charge in [-0.1, -0.05) is 121 Å². The number of hydrogen-bond donors (Lipinski definition) is 0. The number of hydrogen-bond acceptors (Lipinski definition) is 5. The number of thiophene rings is 2. The van der Waals surface area contributed by atoms with E-state index in [9.17, 15) is 0 Å². The molecule has 238 valence electrons. The molecule has 0 amide bonds. The second-order valence-corrected chi connectivity index (χ2v) is 15.0. The Morgan fingerprint density at radius 1 is 0.333 bits per heavy atom. The number of benzene rings is 7. The van der Waals surface area contributed by atoms with Gasteiger partial charge >= 0.3 is 0 Å². The standard InChI is InChI=1S/C45H26N4S2/c1-3-11-27(12-4-1)28-19-21-30(22-20-28)44-46-43(29-13-5-2-6-14-29)47-45(48-44)49-37-25-41-35(31-15-7-9-17-39(31)50-41)23-33(37)34-24-36-32-16-8-10-18-40(32)51-42(36)26-38(34)49/h1-26H. The summed E-state index contributed by atoms with van der Waals surface area (Å²) in [5, 5.41) is 7.50. The van der Waals surface area contributed by atoms with Crippen LogP contribution in [0.4, 0.5) is 0 Å². The largest absolute Gasteiger partial charge is 0.278 e. The third-order valence-electron chi connectivity index (χ3n) is 9.87. The smallest absolute Gasteiger partial charge is 0.238 e. The molecule has 4 nitrogen and oxygen atoms in total. The Morgan fingerprint density at radius 3 is 1.31 bits per heavy atom. The molecule has 6 heteroatoms. The first-order valence-electron chi connectivity index (χ1n) is 16.9. The molecular weight excluding hydrogens is 661 g/mol. The lowest BCUT2D eigenvalue weighted by molar-refractivity contribution is 0.954. The van der Waals surface area contributed by atoms with Crippen molar-refractivity contribution in [3.63, 3.8) is 0 Å². The third kappa shape index (κ3) is 4.54. The van der Waals surface area contributed by atoms with E-state index in [2.05, 4.69) is 138 Å². The molecule has 0 atom stereocenters. The molecule has 0 radical (unpaired) electrons. The van der Waals surface area contributed by atoms with E-state index in [1.54, 1.807) is 0 Å². The zero-order chi connectivity index (χ0) is 33.5. The Morgan fingerprint density at radius 2 is 0.765 bits per heavy atom. The zero-order valence-corrected chi connectivity index (χ0v) is 28.7. The fraction of sp³-hybridized carbons (Fsp3) is 0.